The highest BCUT2D eigenvalue weighted by atomic mass is 16.3. The fraction of sp³-hybridized carbons (Fsp3) is 0.875. The van der Waals surface area contributed by atoms with Gasteiger partial charge < -0.3 is 10.0 Å². The minimum absolute atomic E-state index is 0.0509. The molecule has 2 fully saturated rings. The second kappa shape index (κ2) is 2.21. The van der Waals surface area contributed by atoms with Gasteiger partial charge in [-0.1, -0.05) is 0 Å². The quantitative estimate of drug-likeness (QED) is 0.584. The van der Waals surface area contributed by atoms with E-state index in [9.17, 15) is 9.90 Å². The van der Waals surface area contributed by atoms with E-state index in [-0.39, 0.29) is 11.9 Å². The number of rotatable bonds is 1. The maximum Gasteiger partial charge on any atom is 0.225 e. The zero-order chi connectivity index (χ0) is 8.01. The van der Waals surface area contributed by atoms with Crippen molar-refractivity contribution < 1.29 is 9.90 Å². The van der Waals surface area contributed by atoms with Crippen LogP contribution in [0, 0.1) is 0 Å². The fourth-order valence-corrected chi connectivity index (χ4v) is 1.76. The van der Waals surface area contributed by atoms with E-state index in [1.54, 1.807) is 0 Å². The molecule has 11 heavy (non-hydrogen) atoms. The van der Waals surface area contributed by atoms with Crippen LogP contribution in [0.2, 0.25) is 0 Å². The van der Waals surface area contributed by atoms with Crippen LogP contribution in [0.1, 0.15) is 26.2 Å². The van der Waals surface area contributed by atoms with Crippen molar-refractivity contribution >= 4 is 5.91 Å². The van der Waals surface area contributed by atoms with Crippen LogP contribution >= 0.6 is 0 Å². The SMILES string of the molecule is CC1C(O)CC(=O)N1C1CC1. The minimum Gasteiger partial charge on any atom is -0.390 e. The first-order chi connectivity index (χ1) is 5.20. The molecule has 1 amide bonds. The Kier molecular flexibility index (Phi) is 1.42. The number of carbonyl (C=O) groups excluding carboxylic acids is 1. The van der Waals surface area contributed by atoms with E-state index < -0.39 is 6.10 Å². The van der Waals surface area contributed by atoms with Gasteiger partial charge in [-0.25, -0.2) is 0 Å². The molecule has 1 saturated heterocycles. The van der Waals surface area contributed by atoms with Gasteiger partial charge in [-0.2, -0.15) is 0 Å². The van der Waals surface area contributed by atoms with Gasteiger partial charge in [0.15, 0.2) is 0 Å². The first-order valence-electron chi connectivity index (χ1n) is 4.19. The number of hydrogen-bond acceptors (Lipinski definition) is 2. The Bertz CT molecular complexity index is 189. The van der Waals surface area contributed by atoms with Crippen molar-refractivity contribution in [2.75, 3.05) is 0 Å². The molecule has 1 aliphatic heterocycles. The zero-order valence-electron chi connectivity index (χ0n) is 6.66. The molecule has 1 N–H and O–H groups in total. The largest absolute Gasteiger partial charge is 0.390 e. The molecule has 2 rings (SSSR count). The molecule has 1 heterocycles. The first kappa shape index (κ1) is 7.10. The number of amides is 1. The molecular formula is C8H13NO2. The van der Waals surface area contributed by atoms with Crippen molar-refractivity contribution in [3.05, 3.63) is 0 Å². The molecule has 0 radical (unpaired) electrons. The molecule has 3 nitrogen and oxygen atoms in total. The van der Waals surface area contributed by atoms with Crippen LogP contribution in [0.25, 0.3) is 0 Å². The lowest BCUT2D eigenvalue weighted by Crippen LogP contribution is -2.36. The Morgan fingerprint density at radius 2 is 2.18 bits per heavy atom. The molecule has 0 aromatic rings. The number of hydrogen-bond donors (Lipinski definition) is 1. The molecule has 2 unspecified atom stereocenters. The predicted octanol–water partition coefficient (Wildman–Crippen LogP) is 0.130. The summed E-state index contributed by atoms with van der Waals surface area (Å²) in [6.45, 7) is 1.92. The molecule has 0 aromatic heterocycles. The second-order valence-corrected chi connectivity index (χ2v) is 3.54. The van der Waals surface area contributed by atoms with Gasteiger partial charge in [0, 0.05) is 6.04 Å². The van der Waals surface area contributed by atoms with Crippen molar-refractivity contribution in [1.29, 1.82) is 0 Å². The Morgan fingerprint density at radius 1 is 1.55 bits per heavy atom. The van der Waals surface area contributed by atoms with Gasteiger partial charge in [0.1, 0.15) is 0 Å². The maximum atomic E-state index is 11.2. The summed E-state index contributed by atoms with van der Waals surface area (Å²) in [6.07, 6.45) is 2.16. The lowest BCUT2D eigenvalue weighted by atomic mass is 10.2. The van der Waals surface area contributed by atoms with Crippen LogP contribution in [0.4, 0.5) is 0 Å². The molecule has 0 aromatic carbocycles. The maximum absolute atomic E-state index is 11.2. The fourth-order valence-electron chi connectivity index (χ4n) is 1.76. The van der Waals surface area contributed by atoms with Crippen molar-refractivity contribution in [1.82, 2.24) is 4.90 Å². The minimum atomic E-state index is -0.428. The van der Waals surface area contributed by atoms with Crippen LogP contribution in [0.5, 0.6) is 0 Å². The molecule has 1 aliphatic carbocycles. The monoisotopic (exact) mass is 155 g/mol. The Labute approximate surface area is 66.0 Å². The van der Waals surface area contributed by atoms with Crippen molar-refractivity contribution in [3.63, 3.8) is 0 Å². The highest BCUT2D eigenvalue weighted by Crippen LogP contribution is 2.33. The summed E-state index contributed by atoms with van der Waals surface area (Å²) in [5, 5.41) is 9.35. The standard InChI is InChI=1S/C8H13NO2/c1-5-7(10)4-8(11)9(5)6-2-3-6/h5-7,10H,2-4H2,1H3. The summed E-state index contributed by atoms with van der Waals surface area (Å²) in [6, 6.07) is 0.504. The molecule has 2 aliphatic rings. The lowest BCUT2D eigenvalue weighted by molar-refractivity contribution is -0.129. The number of aliphatic hydroxyl groups excluding tert-OH is 1. The molecular weight excluding hydrogens is 142 g/mol. The number of carbonyl (C=O) groups is 1. The highest BCUT2D eigenvalue weighted by molar-refractivity contribution is 5.80. The third-order valence-corrected chi connectivity index (χ3v) is 2.61. The van der Waals surface area contributed by atoms with Gasteiger partial charge in [-0.3, -0.25) is 4.79 Å². The molecule has 0 bridgehead atoms. The van der Waals surface area contributed by atoms with Gasteiger partial charge in [0.05, 0.1) is 18.6 Å². The van der Waals surface area contributed by atoms with Crippen molar-refractivity contribution in [2.24, 2.45) is 0 Å². The van der Waals surface area contributed by atoms with E-state index in [1.165, 1.54) is 0 Å². The number of nitrogens with zero attached hydrogens (tertiary/aromatic N) is 1. The Hall–Kier alpha value is -0.570. The summed E-state index contributed by atoms with van der Waals surface area (Å²) >= 11 is 0. The number of aliphatic hydroxyl groups is 1. The van der Waals surface area contributed by atoms with E-state index >= 15 is 0 Å². The molecule has 2 atom stereocenters. The summed E-state index contributed by atoms with van der Waals surface area (Å²) in [4.78, 5) is 13.1. The third kappa shape index (κ3) is 1.03. The molecule has 3 heteroatoms. The number of likely N-dealkylation sites (tertiary alicyclic amines) is 1. The van der Waals surface area contributed by atoms with Gasteiger partial charge in [-0.05, 0) is 19.8 Å². The van der Waals surface area contributed by atoms with E-state index in [0.29, 0.717) is 12.5 Å². The Morgan fingerprint density at radius 3 is 2.55 bits per heavy atom. The summed E-state index contributed by atoms with van der Waals surface area (Å²) in [7, 11) is 0. The van der Waals surface area contributed by atoms with Gasteiger partial charge in [0.25, 0.3) is 0 Å². The molecule has 0 spiro atoms. The topological polar surface area (TPSA) is 40.5 Å². The summed E-state index contributed by atoms with van der Waals surface area (Å²) in [5.74, 6) is 0.132. The van der Waals surface area contributed by atoms with Crippen LogP contribution in [0.3, 0.4) is 0 Å². The first-order valence-corrected chi connectivity index (χ1v) is 4.19. The van der Waals surface area contributed by atoms with Crippen molar-refractivity contribution in [2.45, 2.75) is 44.4 Å². The average molecular weight is 155 g/mol. The average Bonchev–Trinajstić information content (AvgIpc) is 2.68. The van der Waals surface area contributed by atoms with Crippen LogP contribution in [0.15, 0.2) is 0 Å². The summed E-state index contributed by atoms with van der Waals surface area (Å²) < 4.78 is 0. The van der Waals surface area contributed by atoms with E-state index in [2.05, 4.69) is 0 Å². The molecule has 1 saturated carbocycles. The van der Waals surface area contributed by atoms with Crippen LogP contribution < -0.4 is 0 Å². The molecule has 62 valence electrons. The predicted molar refractivity (Wildman–Crippen MR) is 40.0 cm³/mol. The van der Waals surface area contributed by atoms with Gasteiger partial charge in [0.2, 0.25) is 5.91 Å². The van der Waals surface area contributed by atoms with Crippen molar-refractivity contribution in [3.8, 4) is 0 Å². The Balaban J connectivity index is 2.11. The zero-order valence-corrected chi connectivity index (χ0v) is 6.66. The third-order valence-electron chi connectivity index (χ3n) is 2.61. The normalized spacial score (nSPS) is 38.4. The van der Waals surface area contributed by atoms with E-state index in [4.69, 9.17) is 0 Å². The van der Waals surface area contributed by atoms with Gasteiger partial charge in [-0.15, -0.1) is 0 Å². The summed E-state index contributed by atoms with van der Waals surface area (Å²) in [5.41, 5.74) is 0. The lowest BCUT2D eigenvalue weighted by Gasteiger charge is -2.21. The van der Waals surface area contributed by atoms with Gasteiger partial charge >= 0.3 is 0 Å². The second-order valence-electron chi connectivity index (χ2n) is 3.54. The van der Waals surface area contributed by atoms with Crippen LogP contribution in [-0.4, -0.2) is 34.1 Å². The van der Waals surface area contributed by atoms with E-state index in [1.807, 2.05) is 11.8 Å². The highest BCUT2D eigenvalue weighted by Gasteiger charge is 2.43. The van der Waals surface area contributed by atoms with E-state index in [0.717, 1.165) is 12.8 Å². The van der Waals surface area contributed by atoms with Crippen LogP contribution in [-0.2, 0) is 4.79 Å². The smallest absolute Gasteiger partial charge is 0.225 e.